The molecule has 0 aromatic heterocycles. The standard InChI is InChI=1S/C16H30N4O/c1-5-10-18-19-12-9-14-6-7-15(17-11-8-14)16(21)20(4)13(2)3/h6-8,11,13-15,17-19H,5,9-10,12H2,1-4H3/t14-,15?/m1/s1. The van der Waals surface area contributed by atoms with E-state index in [9.17, 15) is 4.79 Å². The first-order valence-electron chi connectivity index (χ1n) is 7.89. The molecule has 5 heteroatoms. The molecule has 1 heterocycles. The van der Waals surface area contributed by atoms with E-state index in [2.05, 4.69) is 35.2 Å². The molecule has 1 aliphatic heterocycles. The Balaban J connectivity index is 2.42. The number of nitrogens with one attached hydrogen (secondary N) is 3. The Labute approximate surface area is 128 Å². The fourth-order valence-corrected chi connectivity index (χ4v) is 2.02. The van der Waals surface area contributed by atoms with Gasteiger partial charge in [-0.25, -0.2) is 0 Å². The SMILES string of the molecule is CCCNNCC[C@H]1C=CNC(C(=O)N(C)C(C)C)C=C1. The van der Waals surface area contributed by atoms with E-state index in [0.29, 0.717) is 5.92 Å². The molecule has 0 bridgehead atoms. The van der Waals surface area contributed by atoms with Crippen LogP contribution in [-0.4, -0.2) is 43.0 Å². The predicted molar refractivity (Wildman–Crippen MR) is 87.5 cm³/mol. The number of carbonyl (C=O) groups is 1. The summed E-state index contributed by atoms with van der Waals surface area (Å²) in [6, 6.07) is -0.0469. The third-order valence-electron chi connectivity index (χ3n) is 3.66. The van der Waals surface area contributed by atoms with Gasteiger partial charge in [0.15, 0.2) is 0 Å². The maximum absolute atomic E-state index is 12.3. The second kappa shape index (κ2) is 9.58. The first-order chi connectivity index (χ1) is 10.1. The lowest BCUT2D eigenvalue weighted by Gasteiger charge is -2.25. The van der Waals surface area contributed by atoms with Crippen LogP contribution in [0, 0.1) is 5.92 Å². The number of carbonyl (C=O) groups excluding carboxylic acids is 1. The average Bonchev–Trinajstić information content (AvgIpc) is 2.71. The van der Waals surface area contributed by atoms with E-state index in [1.165, 1.54) is 0 Å². The highest BCUT2D eigenvalue weighted by atomic mass is 16.2. The third-order valence-corrected chi connectivity index (χ3v) is 3.66. The zero-order valence-corrected chi connectivity index (χ0v) is 13.7. The van der Waals surface area contributed by atoms with Gasteiger partial charge in [-0.15, -0.1) is 0 Å². The van der Waals surface area contributed by atoms with E-state index in [-0.39, 0.29) is 18.0 Å². The second-order valence-corrected chi connectivity index (χ2v) is 5.74. The molecule has 1 unspecified atom stereocenters. The van der Waals surface area contributed by atoms with Crippen molar-refractivity contribution in [3.8, 4) is 0 Å². The number of rotatable bonds is 8. The minimum absolute atomic E-state index is 0.106. The highest BCUT2D eigenvalue weighted by Crippen LogP contribution is 2.11. The third kappa shape index (κ3) is 6.31. The normalized spacial score (nSPS) is 21.2. The van der Waals surface area contributed by atoms with Crippen LogP contribution in [0.2, 0.25) is 0 Å². The van der Waals surface area contributed by atoms with E-state index in [0.717, 1.165) is 25.9 Å². The summed E-state index contributed by atoms with van der Waals surface area (Å²) in [6.45, 7) is 8.07. The van der Waals surface area contributed by atoms with Gasteiger partial charge in [-0.3, -0.25) is 15.6 Å². The summed E-state index contributed by atoms with van der Waals surface area (Å²) in [5.41, 5.74) is 6.38. The molecule has 0 radical (unpaired) electrons. The largest absolute Gasteiger partial charge is 0.377 e. The Morgan fingerprint density at radius 3 is 2.62 bits per heavy atom. The Morgan fingerprint density at radius 2 is 1.95 bits per heavy atom. The molecule has 1 aliphatic rings. The zero-order valence-electron chi connectivity index (χ0n) is 13.7. The fraction of sp³-hybridized carbons (Fsp3) is 0.688. The van der Waals surface area contributed by atoms with Gasteiger partial charge in [0.25, 0.3) is 0 Å². The summed E-state index contributed by atoms with van der Waals surface area (Å²) in [6.07, 6.45) is 10.2. The Bertz CT molecular complexity index is 365. The van der Waals surface area contributed by atoms with Crippen LogP contribution in [0.5, 0.6) is 0 Å². The van der Waals surface area contributed by atoms with Gasteiger partial charge < -0.3 is 10.2 Å². The number of amides is 1. The Morgan fingerprint density at radius 1 is 1.24 bits per heavy atom. The molecule has 21 heavy (non-hydrogen) atoms. The number of hydrazine groups is 1. The van der Waals surface area contributed by atoms with Gasteiger partial charge in [0.1, 0.15) is 6.04 Å². The molecule has 0 aromatic carbocycles. The topological polar surface area (TPSA) is 56.4 Å². The summed E-state index contributed by atoms with van der Waals surface area (Å²) in [4.78, 5) is 14.1. The molecule has 5 nitrogen and oxygen atoms in total. The molecule has 3 N–H and O–H groups in total. The number of hydrogen-bond donors (Lipinski definition) is 3. The minimum atomic E-state index is -0.259. The van der Waals surface area contributed by atoms with E-state index < -0.39 is 0 Å². The average molecular weight is 294 g/mol. The van der Waals surface area contributed by atoms with Gasteiger partial charge in [0.05, 0.1) is 0 Å². The molecule has 1 amide bonds. The minimum Gasteiger partial charge on any atom is -0.377 e. The molecule has 0 aromatic rings. The van der Waals surface area contributed by atoms with Crippen molar-refractivity contribution in [1.29, 1.82) is 0 Å². The van der Waals surface area contributed by atoms with E-state index in [4.69, 9.17) is 0 Å². The molecular formula is C16H30N4O. The molecule has 0 saturated heterocycles. The Hall–Kier alpha value is -1.33. The van der Waals surface area contributed by atoms with Crippen LogP contribution in [0.3, 0.4) is 0 Å². The molecule has 0 saturated carbocycles. The molecule has 0 aliphatic carbocycles. The van der Waals surface area contributed by atoms with Gasteiger partial charge in [0, 0.05) is 26.2 Å². The summed E-state index contributed by atoms with van der Waals surface area (Å²) in [5.74, 6) is 0.463. The van der Waals surface area contributed by atoms with Gasteiger partial charge >= 0.3 is 0 Å². The molecule has 120 valence electrons. The molecule has 0 fully saturated rings. The van der Waals surface area contributed by atoms with Crippen LogP contribution < -0.4 is 16.2 Å². The zero-order chi connectivity index (χ0) is 15.7. The first-order valence-corrected chi connectivity index (χ1v) is 7.89. The second-order valence-electron chi connectivity index (χ2n) is 5.74. The number of allylic oxidation sites excluding steroid dienone is 2. The lowest BCUT2D eigenvalue weighted by atomic mass is 10.0. The highest BCUT2D eigenvalue weighted by molar-refractivity contribution is 5.84. The van der Waals surface area contributed by atoms with Gasteiger partial charge in [-0.2, -0.15) is 0 Å². The van der Waals surface area contributed by atoms with Crippen molar-refractivity contribution in [2.75, 3.05) is 20.1 Å². The van der Waals surface area contributed by atoms with Crippen molar-refractivity contribution in [1.82, 2.24) is 21.1 Å². The number of likely N-dealkylation sites (N-methyl/N-ethyl adjacent to an activating group) is 1. The smallest absolute Gasteiger partial charge is 0.249 e. The quantitative estimate of drug-likeness (QED) is 0.360. The van der Waals surface area contributed by atoms with Gasteiger partial charge in [-0.05, 0) is 38.8 Å². The Kier molecular flexibility index (Phi) is 8.08. The van der Waals surface area contributed by atoms with Crippen molar-refractivity contribution in [2.45, 2.75) is 45.7 Å². The first kappa shape index (κ1) is 17.7. The van der Waals surface area contributed by atoms with Crippen molar-refractivity contribution in [3.63, 3.8) is 0 Å². The molecule has 1 rings (SSSR count). The highest BCUT2D eigenvalue weighted by Gasteiger charge is 2.21. The lowest BCUT2D eigenvalue weighted by Crippen LogP contribution is -2.44. The predicted octanol–water partition coefficient (Wildman–Crippen LogP) is 1.41. The van der Waals surface area contributed by atoms with Crippen LogP contribution in [0.25, 0.3) is 0 Å². The van der Waals surface area contributed by atoms with Crippen LogP contribution >= 0.6 is 0 Å². The number of nitrogens with zero attached hydrogens (tertiary/aromatic N) is 1. The van der Waals surface area contributed by atoms with E-state index >= 15 is 0 Å². The maximum Gasteiger partial charge on any atom is 0.249 e. The monoisotopic (exact) mass is 294 g/mol. The molecule has 2 atom stereocenters. The van der Waals surface area contributed by atoms with E-state index in [1.54, 1.807) is 4.90 Å². The number of hydrogen-bond acceptors (Lipinski definition) is 4. The van der Waals surface area contributed by atoms with Crippen molar-refractivity contribution >= 4 is 5.91 Å². The van der Waals surface area contributed by atoms with Crippen molar-refractivity contribution in [3.05, 3.63) is 24.4 Å². The molecular weight excluding hydrogens is 264 g/mol. The summed E-state index contributed by atoms with van der Waals surface area (Å²) in [5, 5.41) is 3.16. The fourth-order valence-electron chi connectivity index (χ4n) is 2.02. The maximum atomic E-state index is 12.3. The van der Waals surface area contributed by atoms with Crippen molar-refractivity contribution in [2.24, 2.45) is 5.92 Å². The molecule has 0 spiro atoms. The van der Waals surface area contributed by atoms with Crippen molar-refractivity contribution < 1.29 is 4.79 Å². The lowest BCUT2D eigenvalue weighted by molar-refractivity contribution is -0.132. The van der Waals surface area contributed by atoms with Crippen LogP contribution in [0.1, 0.15) is 33.6 Å². The summed E-state index contributed by atoms with van der Waals surface area (Å²) in [7, 11) is 1.85. The van der Waals surface area contributed by atoms with Crippen LogP contribution in [-0.2, 0) is 4.79 Å². The van der Waals surface area contributed by atoms with Crippen LogP contribution in [0.15, 0.2) is 24.4 Å². The van der Waals surface area contributed by atoms with E-state index in [1.807, 2.05) is 33.2 Å². The summed E-state index contributed by atoms with van der Waals surface area (Å²) < 4.78 is 0. The van der Waals surface area contributed by atoms with Gasteiger partial charge in [-0.1, -0.05) is 25.2 Å². The van der Waals surface area contributed by atoms with Crippen LogP contribution in [0.4, 0.5) is 0 Å². The van der Waals surface area contributed by atoms with Gasteiger partial charge in [0.2, 0.25) is 5.91 Å². The summed E-state index contributed by atoms with van der Waals surface area (Å²) >= 11 is 0.